The van der Waals surface area contributed by atoms with E-state index in [1.54, 1.807) is 0 Å². The Bertz CT molecular complexity index is 598. The SMILES string of the molecule is C[C@@H](C#N)C[NH+](C)Cc1ccc(-c2ccc(Br)cc2)o1. The van der Waals surface area contributed by atoms with Crippen molar-refractivity contribution in [3.8, 4) is 17.4 Å². The number of nitrogens with zero attached hydrogens (tertiary/aromatic N) is 1. The normalized spacial score (nSPS) is 13.7. The van der Waals surface area contributed by atoms with Crippen molar-refractivity contribution in [3.63, 3.8) is 0 Å². The Labute approximate surface area is 127 Å². The van der Waals surface area contributed by atoms with Gasteiger partial charge >= 0.3 is 0 Å². The molecule has 4 heteroatoms. The Kier molecular flexibility index (Phi) is 4.99. The molecule has 1 aromatic heterocycles. The zero-order valence-electron chi connectivity index (χ0n) is 11.7. The predicted octanol–water partition coefficient (Wildman–Crippen LogP) is 2.88. The molecule has 1 N–H and O–H groups in total. The molecule has 2 aromatic rings. The van der Waals surface area contributed by atoms with Gasteiger partial charge in [0.25, 0.3) is 0 Å². The van der Waals surface area contributed by atoms with Gasteiger partial charge in [-0.2, -0.15) is 5.26 Å². The Hall–Kier alpha value is -1.57. The zero-order valence-corrected chi connectivity index (χ0v) is 13.3. The highest BCUT2D eigenvalue weighted by Gasteiger charge is 2.12. The number of hydrogen-bond acceptors (Lipinski definition) is 2. The Balaban J connectivity index is 2.02. The van der Waals surface area contributed by atoms with Crippen molar-refractivity contribution in [3.05, 3.63) is 46.6 Å². The van der Waals surface area contributed by atoms with Crippen LogP contribution in [0.25, 0.3) is 11.3 Å². The fourth-order valence-corrected chi connectivity index (χ4v) is 2.44. The van der Waals surface area contributed by atoms with Crippen molar-refractivity contribution in [2.24, 2.45) is 5.92 Å². The van der Waals surface area contributed by atoms with Crippen molar-refractivity contribution in [2.75, 3.05) is 13.6 Å². The van der Waals surface area contributed by atoms with E-state index >= 15 is 0 Å². The van der Waals surface area contributed by atoms with Gasteiger partial charge in [0.1, 0.15) is 12.3 Å². The fraction of sp³-hybridized carbons (Fsp3) is 0.312. The molecular formula is C16H18BrN2O+. The van der Waals surface area contributed by atoms with Gasteiger partial charge in [0.05, 0.1) is 25.6 Å². The molecule has 20 heavy (non-hydrogen) atoms. The van der Waals surface area contributed by atoms with Crippen LogP contribution < -0.4 is 4.90 Å². The van der Waals surface area contributed by atoms with E-state index < -0.39 is 0 Å². The van der Waals surface area contributed by atoms with Gasteiger partial charge in [0, 0.05) is 10.0 Å². The Morgan fingerprint density at radius 3 is 2.60 bits per heavy atom. The van der Waals surface area contributed by atoms with E-state index in [1.165, 1.54) is 4.90 Å². The van der Waals surface area contributed by atoms with Crippen LogP contribution >= 0.6 is 15.9 Å². The molecule has 0 spiro atoms. The van der Waals surface area contributed by atoms with Crippen LogP contribution in [0.2, 0.25) is 0 Å². The number of nitrogens with one attached hydrogen (secondary N) is 1. The number of quaternary nitrogens is 1. The lowest BCUT2D eigenvalue weighted by molar-refractivity contribution is -0.897. The predicted molar refractivity (Wildman–Crippen MR) is 82.1 cm³/mol. The third kappa shape index (κ3) is 3.96. The molecule has 0 radical (unpaired) electrons. The van der Waals surface area contributed by atoms with E-state index in [1.807, 2.05) is 43.3 Å². The molecule has 0 saturated carbocycles. The Morgan fingerprint density at radius 1 is 1.25 bits per heavy atom. The van der Waals surface area contributed by atoms with E-state index in [-0.39, 0.29) is 5.92 Å². The van der Waals surface area contributed by atoms with Gasteiger partial charge in [-0.1, -0.05) is 28.1 Å². The summed E-state index contributed by atoms with van der Waals surface area (Å²) >= 11 is 3.43. The number of rotatable bonds is 5. The maximum atomic E-state index is 8.83. The van der Waals surface area contributed by atoms with E-state index in [0.29, 0.717) is 0 Å². The molecule has 0 saturated heterocycles. The number of benzene rings is 1. The van der Waals surface area contributed by atoms with Crippen molar-refractivity contribution >= 4 is 15.9 Å². The van der Waals surface area contributed by atoms with Gasteiger partial charge in [-0.05, 0) is 31.2 Å². The second-order valence-electron chi connectivity index (χ2n) is 5.14. The molecule has 1 unspecified atom stereocenters. The minimum atomic E-state index is 0.0657. The summed E-state index contributed by atoms with van der Waals surface area (Å²) in [5.41, 5.74) is 1.07. The molecule has 0 fully saturated rings. The van der Waals surface area contributed by atoms with Gasteiger partial charge in [-0.15, -0.1) is 0 Å². The van der Waals surface area contributed by atoms with Gasteiger partial charge in [0.15, 0.2) is 5.76 Å². The van der Waals surface area contributed by atoms with Crippen LogP contribution in [0.1, 0.15) is 12.7 Å². The van der Waals surface area contributed by atoms with Gasteiger partial charge in [-0.3, -0.25) is 0 Å². The first-order chi connectivity index (χ1) is 9.58. The quantitative estimate of drug-likeness (QED) is 0.914. The molecule has 0 amide bonds. The third-order valence-electron chi connectivity index (χ3n) is 3.14. The topological polar surface area (TPSA) is 41.4 Å². The van der Waals surface area contributed by atoms with Crippen molar-refractivity contribution in [1.82, 2.24) is 0 Å². The average Bonchev–Trinajstić information content (AvgIpc) is 2.87. The third-order valence-corrected chi connectivity index (χ3v) is 3.67. The van der Waals surface area contributed by atoms with E-state index in [9.17, 15) is 0 Å². The lowest BCUT2D eigenvalue weighted by Gasteiger charge is -2.13. The molecule has 0 aliphatic heterocycles. The largest absolute Gasteiger partial charge is 0.455 e. The second kappa shape index (κ2) is 6.74. The monoisotopic (exact) mass is 333 g/mol. The van der Waals surface area contributed by atoms with Crippen molar-refractivity contribution in [2.45, 2.75) is 13.5 Å². The van der Waals surface area contributed by atoms with Crippen LogP contribution in [0.5, 0.6) is 0 Å². The molecule has 2 atom stereocenters. The minimum Gasteiger partial charge on any atom is -0.455 e. The molecule has 1 heterocycles. The van der Waals surface area contributed by atoms with Crippen LogP contribution in [0.3, 0.4) is 0 Å². The first kappa shape index (κ1) is 14.8. The summed E-state index contributed by atoms with van der Waals surface area (Å²) in [7, 11) is 2.08. The maximum absolute atomic E-state index is 8.83. The van der Waals surface area contributed by atoms with E-state index in [0.717, 1.165) is 34.6 Å². The molecule has 3 nitrogen and oxygen atoms in total. The maximum Gasteiger partial charge on any atom is 0.158 e. The number of furan rings is 1. The highest BCUT2D eigenvalue weighted by Crippen LogP contribution is 2.23. The molecule has 1 aromatic carbocycles. The summed E-state index contributed by atoms with van der Waals surface area (Å²) in [6.45, 7) is 3.56. The first-order valence-electron chi connectivity index (χ1n) is 6.64. The zero-order chi connectivity index (χ0) is 14.5. The van der Waals surface area contributed by atoms with Crippen LogP contribution in [0, 0.1) is 17.2 Å². The van der Waals surface area contributed by atoms with Crippen LogP contribution in [-0.4, -0.2) is 13.6 Å². The van der Waals surface area contributed by atoms with Gasteiger partial charge in [0.2, 0.25) is 0 Å². The molecule has 104 valence electrons. The molecule has 0 aliphatic carbocycles. The molecular weight excluding hydrogens is 316 g/mol. The smallest absolute Gasteiger partial charge is 0.158 e. The van der Waals surface area contributed by atoms with Crippen molar-refractivity contribution < 1.29 is 9.32 Å². The summed E-state index contributed by atoms with van der Waals surface area (Å²) in [4.78, 5) is 1.27. The van der Waals surface area contributed by atoms with Crippen LogP contribution in [0.4, 0.5) is 0 Å². The summed E-state index contributed by atoms with van der Waals surface area (Å²) in [6, 6.07) is 14.3. The summed E-state index contributed by atoms with van der Waals surface area (Å²) in [6.07, 6.45) is 0. The number of halogens is 1. The lowest BCUT2D eigenvalue weighted by Crippen LogP contribution is -3.08. The highest BCUT2D eigenvalue weighted by molar-refractivity contribution is 9.10. The minimum absolute atomic E-state index is 0.0657. The standard InChI is InChI=1S/C16H17BrN2O/c1-12(9-18)10-19(2)11-15-7-8-16(20-15)13-3-5-14(17)6-4-13/h3-8,12H,10-11H2,1-2H3/p+1/t12-/m0/s1. The van der Waals surface area contributed by atoms with Crippen LogP contribution in [0.15, 0.2) is 45.3 Å². The molecule has 2 rings (SSSR count). The fourth-order valence-electron chi connectivity index (χ4n) is 2.18. The lowest BCUT2D eigenvalue weighted by atomic mass is 10.2. The molecule has 0 aliphatic rings. The second-order valence-corrected chi connectivity index (χ2v) is 6.06. The molecule has 0 bridgehead atoms. The van der Waals surface area contributed by atoms with Gasteiger partial charge in [-0.25, -0.2) is 0 Å². The van der Waals surface area contributed by atoms with Crippen molar-refractivity contribution in [1.29, 1.82) is 5.26 Å². The highest BCUT2D eigenvalue weighted by atomic mass is 79.9. The van der Waals surface area contributed by atoms with Gasteiger partial charge < -0.3 is 9.32 Å². The van der Waals surface area contributed by atoms with Crippen LogP contribution in [-0.2, 0) is 6.54 Å². The summed E-state index contributed by atoms with van der Waals surface area (Å²) < 4.78 is 6.93. The van der Waals surface area contributed by atoms with E-state index in [2.05, 4.69) is 29.0 Å². The number of nitriles is 1. The number of hydrogen-bond donors (Lipinski definition) is 1. The summed E-state index contributed by atoms with van der Waals surface area (Å²) in [5.74, 6) is 1.90. The first-order valence-corrected chi connectivity index (χ1v) is 7.43. The average molecular weight is 334 g/mol. The summed E-state index contributed by atoms with van der Waals surface area (Å²) in [5, 5.41) is 8.83. The van der Waals surface area contributed by atoms with E-state index in [4.69, 9.17) is 9.68 Å². The Morgan fingerprint density at radius 2 is 1.95 bits per heavy atom.